The molecule has 0 spiro atoms. The summed E-state index contributed by atoms with van der Waals surface area (Å²) in [4.78, 5) is 0.403. The SMILES string of the molecule is CCCNc1ccccc1S(=O)(=O)N1CCC(C)CC1C. The van der Waals surface area contributed by atoms with E-state index < -0.39 is 10.0 Å². The molecule has 1 aromatic carbocycles. The minimum atomic E-state index is -3.42. The third-order valence-electron chi connectivity index (χ3n) is 4.12. The Balaban J connectivity index is 2.31. The average molecular weight is 310 g/mol. The molecule has 1 N–H and O–H groups in total. The van der Waals surface area contributed by atoms with Gasteiger partial charge in [-0.2, -0.15) is 4.31 Å². The van der Waals surface area contributed by atoms with Crippen LogP contribution in [0.5, 0.6) is 0 Å². The minimum Gasteiger partial charge on any atom is -0.384 e. The van der Waals surface area contributed by atoms with Crippen LogP contribution in [0.1, 0.15) is 40.0 Å². The average Bonchev–Trinajstić information content (AvgIpc) is 2.45. The zero-order chi connectivity index (χ0) is 15.5. The summed E-state index contributed by atoms with van der Waals surface area (Å²) in [6, 6.07) is 7.29. The summed E-state index contributed by atoms with van der Waals surface area (Å²) >= 11 is 0. The Morgan fingerprint density at radius 1 is 1.29 bits per heavy atom. The van der Waals surface area contributed by atoms with E-state index in [0.717, 1.165) is 25.8 Å². The summed E-state index contributed by atoms with van der Waals surface area (Å²) < 4.78 is 27.6. The molecule has 1 heterocycles. The number of hydrogen-bond acceptors (Lipinski definition) is 3. The Bertz CT molecular complexity index is 571. The van der Waals surface area contributed by atoms with Crippen LogP contribution in [0.4, 0.5) is 5.69 Å². The van der Waals surface area contributed by atoms with Gasteiger partial charge in [0.2, 0.25) is 10.0 Å². The lowest BCUT2D eigenvalue weighted by atomic mass is 9.95. The first-order chi connectivity index (χ1) is 9.96. The number of nitrogens with zero attached hydrogens (tertiary/aromatic N) is 1. The second kappa shape index (κ2) is 6.79. The van der Waals surface area contributed by atoms with Crippen LogP contribution in [-0.2, 0) is 10.0 Å². The smallest absolute Gasteiger partial charge is 0.245 e. The van der Waals surface area contributed by atoms with Gasteiger partial charge in [-0.1, -0.05) is 26.0 Å². The summed E-state index contributed by atoms with van der Waals surface area (Å²) in [5.41, 5.74) is 0.713. The Morgan fingerprint density at radius 2 is 2.00 bits per heavy atom. The molecule has 0 radical (unpaired) electrons. The molecule has 1 aromatic rings. The Kier molecular flexibility index (Phi) is 5.27. The van der Waals surface area contributed by atoms with Crippen molar-refractivity contribution < 1.29 is 8.42 Å². The van der Waals surface area contributed by atoms with Crippen LogP contribution in [0.25, 0.3) is 0 Å². The van der Waals surface area contributed by atoms with E-state index in [0.29, 0.717) is 23.0 Å². The van der Waals surface area contributed by atoms with Crippen molar-refractivity contribution >= 4 is 15.7 Å². The number of hydrogen-bond donors (Lipinski definition) is 1. The molecular formula is C16H26N2O2S. The number of piperidine rings is 1. The predicted molar refractivity (Wildman–Crippen MR) is 87.0 cm³/mol. The van der Waals surface area contributed by atoms with Crippen LogP contribution >= 0.6 is 0 Å². The molecule has 0 bridgehead atoms. The number of anilines is 1. The topological polar surface area (TPSA) is 49.4 Å². The summed E-state index contributed by atoms with van der Waals surface area (Å²) in [6.07, 6.45) is 2.84. The van der Waals surface area contributed by atoms with E-state index in [4.69, 9.17) is 0 Å². The molecule has 21 heavy (non-hydrogen) atoms. The summed E-state index contributed by atoms with van der Waals surface area (Å²) in [5.74, 6) is 0.597. The van der Waals surface area contributed by atoms with Gasteiger partial charge in [0.15, 0.2) is 0 Å². The van der Waals surface area contributed by atoms with Crippen molar-refractivity contribution in [3.05, 3.63) is 24.3 Å². The molecule has 2 rings (SSSR count). The number of benzene rings is 1. The molecule has 0 aromatic heterocycles. The fourth-order valence-corrected chi connectivity index (χ4v) is 4.79. The van der Waals surface area contributed by atoms with Crippen molar-refractivity contribution in [2.24, 2.45) is 5.92 Å². The molecule has 0 aliphatic carbocycles. The number of para-hydroxylation sites is 1. The van der Waals surface area contributed by atoms with E-state index in [1.165, 1.54) is 0 Å². The van der Waals surface area contributed by atoms with Crippen LogP contribution in [0.2, 0.25) is 0 Å². The largest absolute Gasteiger partial charge is 0.384 e. The molecule has 1 aliphatic heterocycles. The van der Waals surface area contributed by atoms with Gasteiger partial charge in [0.05, 0.1) is 5.69 Å². The highest BCUT2D eigenvalue weighted by atomic mass is 32.2. The van der Waals surface area contributed by atoms with Gasteiger partial charge in [-0.05, 0) is 44.2 Å². The zero-order valence-electron chi connectivity index (χ0n) is 13.2. The monoisotopic (exact) mass is 310 g/mol. The zero-order valence-corrected chi connectivity index (χ0v) is 14.0. The molecule has 1 saturated heterocycles. The Morgan fingerprint density at radius 3 is 2.67 bits per heavy atom. The first kappa shape index (κ1) is 16.3. The normalized spacial score (nSPS) is 24.0. The molecule has 4 nitrogen and oxygen atoms in total. The van der Waals surface area contributed by atoms with E-state index >= 15 is 0 Å². The first-order valence-corrected chi connectivity index (χ1v) is 9.25. The predicted octanol–water partition coefficient (Wildman–Crippen LogP) is 3.32. The fourth-order valence-electron chi connectivity index (χ4n) is 2.97. The molecule has 0 saturated carbocycles. The van der Waals surface area contributed by atoms with Crippen molar-refractivity contribution in [2.75, 3.05) is 18.4 Å². The number of rotatable bonds is 5. The summed E-state index contributed by atoms with van der Waals surface area (Å²) in [7, 11) is -3.42. The lowest BCUT2D eigenvalue weighted by molar-refractivity contribution is 0.220. The van der Waals surface area contributed by atoms with Crippen molar-refractivity contribution in [3.63, 3.8) is 0 Å². The lowest BCUT2D eigenvalue weighted by Gasteiger charge is -2.35. The lowest BCUT2D eigenvalue weighted by Crippen LogP contribution is -2.44. The fraction of sp³-hybridized carbons (Fsp3) is 0.625. The van der Waals surface area contributed by atoms with Crippen LogP contribution in [-0.4, -0.2) is 31.9 Å². The van der Waals surface area contributed by atoms with Gasteiger partial charge in [0.25, 0.3) is 0 Å². The van der Waals surface area contributed by atoms with Crippen LogP contribution in [0, 0.1) is 5.92 Å². The van der Waals surface area contributed by atoms with Gasteiger partial charge in [-0.3, -0.25) is 0 Å². The van der Waals surface area contributed by atoms with E-state index in [-0.39, 0.29) is 6.04 Å². The second-order valence-electron chi connectivity index (χ2n) is 6.02. The minimum absolute atomic E-state index is 0.0676. The van der Waals surface area contributed by atoms with Crippen LogP contribution < -0.4 is 5.32 Å². The maximum atomic E-state index is 13.0. The second-order valence-corrected chi connectivity index (χ2v) is 7.88. The highest BCUT2D eigenvalue weighted by Gasteiger charge is 2.34. The standard InChI is InChI=1S/C16H26N2O2S/c1-4-10-17-15-7-5-6-8-16(15)21(19,20)18-11-9-13(2)12-14(18)3/h5-8,13-14,17H,4,9-12H2,1-3H3. The van der Waals surface area contributed by atoms with Crippen molar-refractivity contribution in [1.82, 2.24) is 4.31 Å². The molecule has 5 heteroatoms. The number of sulfonamides is 1. The van der Waals surface area contributed by atoms with Gasteiger partial charge in [0.1, 0.15) is 4.90 Å². The van der Waals surface area contributed by atoms with Gasteiger partial charge >= 0.3 is 0 Å². The highest BCUT2D eigenvalue weighted by molar-refractivity contribution is 7.89. The number of nitrogens with one attached hydrogen (secondary N) is 1. The van der Waals surface area contributed by atoms with Gasteiger partial charge in [-0.15, -0.1) is 0 Å². The van der Waals surface area contributed by atoms with Crippen molar-refractivity contribution in [1.29, 1.82) is 0 Å². The van der Waals surface area contributed by atoms with Gasteiger partial charge in [-0.25, -0.2) is 8.42 Å². The molecule has 1 aliphatic rings. The van der Waals surface area contributed by atoms with E-state index in [1.54, 1.807) is 16.4 Å². The van der Waals surface area contributed by atoms with E-state index in [2.05, 4.69) is 19.2 Å². The highest BCUT2D eigenvalue weighted by Crippen LogP contribution is 2.31. The van der Waals surface area contributed by atoms with Crippen LogP contribution in [0.15, 0.2) is 29.2 Å². The molecule has 0 amide bonds. The summed E-state index contributed by atoms with van der Waals surface area (Å²) in [5, 5.41) is 3.23. The van der Waals surface area contributed by atoms with Gasteiger partial charge < -0.3 is 5.32 Å². The molecule has 2 atom stereocenters. The van der Waals surface area contributed by atoms with E-state index in [1.807, 2.05) is 19.1 Å². The maximum Gasteiger partial charge on any atom is 0.245 e. The van der Waals surface area contributed by atoms with Crippen LogP contribution in [0.3, 0.4) is 0 Å². The maximum absolute atomic E-state index is 13.0. The van der Waals surface area contributed by atoms with E-state index in [9.17, 15) is 8.42 Å². The molecule has 2 unspecified atom stereocenters. The molecule has 1 fully saturated rings. The van der Waals surface area contributed by atoms with Crippen molar-refractivity contribution in [3.8, 4) is 0 Å². The molecular weight excluding hydrogens is 284 g/mol. The summed E-state index contributed by atoms with van der Waals surface area (Å²) in [6.45, 7) is 7.66. The quantitative estimate of drug-likeness (QED) is 0.907. The van der Waals surface area contributed by atoms with Crippen molar-refractivity contribution in [2.45, 2.75) is 51.0 Å². The Hall–Kier alpha value is -1.07. The third-order valence-corrected chi connectivity index (χ3v) is 6.19. The molecule has 118 valence electrons. The third kappa shape index (κ3) is 3.58. The first-order valence-electron chi connectivity index (χ1n) is 7.81. The Labute approximate surface area is 128 Å². The van der Waals surface area contributed by atoms with Gasteiger partial charge in [0, 0.05) is 19.1 Å².